The number of amides is 1. The molecule has 1 amide bonds. The van der Waals surface area contributed by atoms with E-state index < -0.39 is 0 Å². The summed E-state index contributed by atoms with van der Waals surface area (Å²) in [7, 11) is 0. The lowest BCUT2D eigenvalue weighted by molar-refractivity contribution is -0.113. The molecule has 0 saturated heterocycles. The van der Waals surface area contributed by atoms with E-state index in [-0.39, 0.29) is 5.91 Å². The minimum Gasteiger partial charge on any atom is -0.456 e. The second kappa shape index (κ2) is 6.86. The molecule has 1 fully saturated rings. The van der Waals surface area contributed by atoms with Gasteiger partial charge < -0.3 is 15.1 Å². The summed E-state index contributed by atoms with van der Waals surface area (Å²) in [6.45, 7) is 0. The molecule has 0 spiro atoms. The molecule has 5 rings (SSSR count). The van der Waals surface area contributed by atoms with Gasteiger partial charge in [-0.25, -0.2) is 0 Å². The van der Waals surface area contributed by atoms with Crippen LogP contribution < -0.4 is 10.6 Å². The van der Waals surface area contributed by atoms with E-state index in [4.69, 9.17) is 4.42 Å². The molecule has 2 aromatic heterocycles. The molecule has 1 aliphatic rings. The summed E-state index contributed by atoms with van der Waals surface area (Å²) >= 11 is 2.89. The predicted octanol–water partition coefficient (Wildman–Crippen LogP) is 4.74. The van der Waals surface area contributed by atoms with Crippen LogP contribution >= 0.6 is 23.1 Å². The smallest absolute Gasteiger partial charge is 0.234 e. The van der Waals surface area contributed by atoms with Crippen molar-refractivity contribution in [3.63, 3.8) is 0 Å². The number of anilines is 2. The van der Waals surface area contributed by atoms with Gasteiger partial charge in [0, 0.05) is 22.5 Å². The topological polar surface area (TPSA) is 80.0 Å². The average molecular weight is 396 g/mol. The maximum Gasteiger partial charge on any atom is 0.234 e. The van der Waals surface area contributed by atoms with Crippen molar-refractivity contribution in [2.45, 2.75) is 23.2 Å². The van der Waals surface area contributed by atoms with E-state index in [9.17, 15) is 4.79 Å². The van der Waals surface area contributed by atoms with E-state index in [0.717, 1.165) is 37.1 Å². The molecule has 0 atom stereocenters. The third kappa shape index (κ3) is 3.63. The van der Waals surface area contributed by atoms with Crippen molar-refractivity contribution in [3.8, 4) is 0 Å². The Morgan fingerprint density at radius 2 is 2.00 bits per heavy atom. The molecule has 2 N–H and O–H groups in total. The van der Waals surface area contributed by atoms with Crippen LogP contribution in [0, 0.1) is 0 Å². The molecule has 2 heterocycles. The Balaban J connectivity index is 1.24. The molecular formula is C19H16N4O2S2. The van der Waals surface area contributed by atoms with Crippen molar-refractivity contribution >= 4 is 61.8 Å². The zero-order valence-electron chi connectivity index (χ0n) is 14.3. The second-order valence-corrected chi connectivity index (χ2v) is 8.64. The highest BCUT2D eigenvalue weighted by Gasteiger charge is 2.22. The zero-order valence-corrected chi connectivity index (χ0v) is 15.9. The van der Waals surface area contributed by atoms with E-state index in [0.29, 0.717) is 11.8 Å². The molecule has 6 nitrogen and oxygen atoms in total. The van der Waals surface area contributed by atoms with E-state index >= 15 is 0 Å². The highest BCUT2D eigenvalue weighted by Crippen LogP contribution is 2.32. The first-order valence-corrected chi connectivity index (χ1v) is 10.5. The monoisotopic (exact) mass is 396 g/mol. The van der Waals surface area contributed by atoms with E-state index in [1.807, 2.05) is 42.5 Å². The van der Waals surface area contributed by atoms with Gasteiger partial charge in [-0.05, 0) is 37.1 Å². The first kappa shape index (κ1) is 16.6. The fraction of sp³-hybridized carbons (Fsp3) is 0.211. The van der Waals surface area contributed by atoms with Crippen molar-refractivity contribution < 1.29 is 9.21 Å². The van der Waals surface area contributed by atoms with Gasteiger partial charge in [-0.1, -0.05) is 41.3 Å². The number of benzene rings is 2. The van der Waals surface area contributed by atoms with Crippen LogP contribution in [0.2, 0.25) is 0 Å². The maximum atomic E-state index is 12.3. The molecular weight excluding hydrogens is 380 g/mol. The summed E-state index contributed by atoms with van der Waals surface area (Å²) in [5, 5.41) is 17.4. The zero-order chi connectivity index (χ0) is 18.2. The normalized spacial score (nSPS) is 13.9. The van der Waals surface area contributed by atoms with Gasteiger partial charge in [0.05, 0.1) is 5.75 Å². The van der Waals surface area contributed by atoms with Crippen molar-refractivity contribution in [1.29, 1.82) is 0 Å². The van der Waals surface area contributed by atoms with Crippen LogP contribution in [0.3, 0.4) is 0 Å². The first-order chi connectivity index (χ1) is 13.2. The number of thioether (sulfide) groups is 1. The summed E-state index contributed by atoms with van der Waals surface area (Å²) in [4.78, 5) is 12.3. The molecule has 8 heteroatoms. The van der Waals surface area contributed by atoms with Gasteiger partial charge in [-0.3, -0.25) is 4.79 Å². The Hall–Kier alpha value is -2.58. The van der Waals surface area contributed by atoms with Crippen molar-refractivity contribution in [2.75, 3.05) is 16.4 Å². The molecule has 136 valence electrons. The Kier molecular flexibility index (Phi) is 4.21. The number of aromatic nitrogens is 2. The minimum absolute atomic E-state index is 0.0703. The molecule has 1 saturated carbocycles. The molecule has 0 radical (unpaired) electrons. The quantitative estimate of drug-likeness (QED) is 0.458. The fourth-order valence-electron chi connectivity index (χ4n) is 2.86. The minimum atomic E-state index is -0.0703. The summed E-state index contributed by atoms with van der Waals surface area (Å²) in [5.74, 6) is 0.224. The first-order valence-electron chi connectivity index (χ1n) is 8.68. The van der Waals surface area contributed by atoms with Crippen molar-refractivity contribution in [3.05, 3.63) is 42.5 Å². The number of rotatable bonds is 6. The van der Waals surface area contributed by atoms with Crippen LogP contribution in [0.25, 0.3) is 21.9 Å². The highest BCUT2D eigenvalue weighted by atomic mass is 32.2. The average Bonchev–Trinajstić information content (AvgIpc) is 3.25. The van der Waals surface area contributed by atoms with Gasteiger partial charge in [0.2, 0.25) is 11.0 Å². The summed E-state index contributed by atoms with van der Waals surface area (Å²) in [6.07, 6.45) is 2.39. The lowest BCUT2D eigenvalue weighted by Gasteiger charge is -2.04. The third-order valence-corrected chi connectivity index (χ3v) is 6.29. The van der Waals surface area contributed by atoms with Crippen LogP contribution in [0.1, 0.15) is 12.8 Å². The number of hydrogen-bond acceptors (Lipinski definition) is 7. The summed E-state index contributed by atoms with van der Waals surface area (Å²) in [5.41, 5.74) is 2.42. The van der Waals surface area contributed by atoms with Gasteiger partial charge in [-0.15, -0.1) is 10.2 Å². The number of furan rings is 1. The number of nitrogens with one attached hydrogen (secondary N) is 2. The molecule has 1 aliphatic carbocycles. The summed E-state index contributed by atoms with van der Waals surface area (Å²) in [6, 6.07) is 14.1. The lowest BCUT2D eigenvalue weighted by atomic mass is 10.1. The number of nitrogens with zero attached hydrogens (tertiary/aromatic N) is 2. The number of fused-ring (bicyclic) bond motifs is 3. The Morgan fingerprint density at radius 3 is 2.89 bits per heavy atom. The fourth-order valence-corrected chi connectivity index (χ4v) is 4.49. The Morgan fingerprint density at radius 1 is 1.15 bits per heavy atom. The van der Waals surface area contributed by atoms with Gasteiger partial charge in [-0.2, -0.15) is 0 Å². The SMILES string of the molecule is O=C(CSc1nnc(NC2CC2)s1)Nc1ccc2oc3ccccc3c2c1. The largest absolute Gasteiger partial charge is 0.456 e. The van der Waals surface area contributed by atoms with Crippen molar-refractivity contribution in [2.24, 2.45) is 0 Å². The molecule has 0 unspecified atom stereocenters. The molecule has 0 bridgehead atoms. The molecule has 0 aliphatic heterocycles. The van der Waals surface area contributed by atoms with Crippen LogP contribution in [0.15, 0.2) is 51.2 Å². The summed E-state index contributed by atoms with van der Waals surface area (Å²) < 4.78 is 6.61. The molecule has 2 aromatic carbocycles. The van der Waals surface area contributed by atoms with Crippen LogP contribution in [0.4, 0.5) is 10.8 Å². The van der Waals surface area contributed by atoms with Crippen LogP contribution in [-0.2, 0) is 4.79 Å². The molecule has 4 aromatic rings. The number of para-hydroxylation sites is 1. The van der Waals surface area contributed by atoms with Crippen LogP contribution in [0.5, 0.6) is 0 Å². The van der Waals surface area contributed by atoms with E-state index in [1.165, 1.54) is 35.9 Å². The van der Waals surface area contributed by atoms with E-state index in [1.54, 1.807) is 0 Å². The second-order valence-electron chi connectivity index (χ2n) is 6.44. The highest BCUT2D eigenvalue weighted by molar-refractivity contribution is 8.01. The number of hydrogen-bond donors (Lipinski definition) is 2. The van der Waals surface area contributed by atoms with Gasteiger partial charge in [0.1, 0.15) is 11.2 Å². The van der Waals surface area contributed by atoms with Crippen molar-refractivity contribution in [1.82, 2.24) is 10.2 Å². The molecule has 27 heavy (non-hydrogen) atoms. The number of carbonyl (C=O) groups excluding carboxylic acids is 1. The number of carbonyl (C=O) groups is 1. The third-order valence-electron chi connectivity index (χ3n) is 4.30. The lowest BCUT2D eigenvalue weighted by Crippen LogP contribution is -2.13. The van der Waals surface area contributed by atoms with Gasteiger partial charge >= 0.3 is 0 Å². The Bertz CT molecular complexity index is 1130. The Labute approximate surface area is 163 Å². The van der Waals surface area contributed by atoms with Crippen LogP contribution in [-0.4, -0.2) is 27.9 Å². The van der Waals surface area contributed by atoms with E-state index in [2.05, 4.69) is 20.8 Å². The van der Waals surface area contributed by atoms with Gasteiger partial charge in [0.25, 0.3) is 0 Å². The van der Waals surface area contributed by atoms with Gasteiger partial charge in [0.15, 0.2) is 4.34 Å². The predicted molar refractivity (Wildman–Crippen MR) is 110 cm³/mol. The maximum absolute atomic E-state index is 12.3. The standard InChI is InChI=1S/C19H16N4O2S2/c24-17(10-26-19-23-22-18(27-19)21-11-5-6-11)20-12-7-8-16-14(9-12)13-3-1-2-4-15(13)25-16/h1-4,7-9,11H,5-6,10H2,(H,20,24)(H,21,22).